The Hall–Kier alpha value is -0.930. The molecular weight excluding hydrogens is 176 g/mol. The number of aliphatic hydroxyl groups excluding tert-OH is 1. The number of nitrogens with zero attached hydrogens (tertiary/aromatic N) is 2. The van der Waals surface area contributed by atoms with Crippen LogP contribution in [0.25, 0.3) is 0 Å². The van der Waals surface area contributed by atoms with Crippen LogP contribution in [0.3, 0.4) is 0 Å². The molecule has 1 aromatic heterocycles. The first-order valence-electron chi connectivity index (χ1n) is 5.07. The van der Waals surface area contributed by atoms with Crippen molar-refractivity contribution in [3.63, 3.8) is 0 Å². The normalized spacial score (nSPS) is 22.9. The van der Waals surface area contributed by atoms with Crippen molar-refractivity contribution in [2.45, 2.75) is 25.5 Å². The van der Waals surface area contributed by atoms with E-state index in [9.17, 15) is 0 Å². The van der Waals surface area contributed by atoms with Crippen LogP contribution < -0.4 is 0 Å². The summed E-state index contributed by atoms with van der Waals surface area (Å²) in [4.78, 5) is 6.56. The van der Waals surface area contributed by atoms with Gasteiger partial charge < -0.3 is 5.11 Å². The minimum absolute atomic E-state index is 0.0286. The van der Waals surface area contributed by atoms with Crippen molar-refractivity contribution < 1.29 is 5.11 Å². The van der Waals surface area contributed by atoms with Crippen molar-refractivity contribution in [2.24, 2.45) is 0 Å². The van der Waals surface area contributed by atoms with Gasteiger partial charge >= 0.3 is 0 Å². The minimum atomic E-state index is 0.0286. The van der Waals surface area contributed by atoms with Gasteiger partial charge in [-0.1, -0.05) is 6.07 Å². The van der Waals surface area contributed by atoms with Crippen LogP contribution in [-0.4, -0.2) is 28.6 Å². The summed E-state index contributed by atoms with van der Waals surface area (Å²) < 4.78 is 0. The summed E-state index contributed by atoms with van der Waals surface area (Å²) in [6, 6.07) is 4.50. The highest BCUT2D eigenvalue weighted by Gasteiger charge is 2.22. The van der Waals surface area contributed by atoms with E-state index in [0.717, 1.165) is 5.69 Å². The maximum absolute atomic E-state index is 8.87. The minimum Gasteiger partial charge on any atom is -0.390 e. The second-order valence-corrected chi connectivity index (χ2v) is 3.88. The Kier molecular flexibility index (Phi) is 2.79. The van der Waals surface area contributed by atoms with Crippen LogP contribution in [0.2, 0.25) is 0 Å². The molecule has 1 aliphatic heterocycles. The highest BCUT2D eigenvalue weighted by Crippen LogP contribution is 2.29. The third-order valence-electron chi connectivity index (χ3n) is 2.91. The van der Waals surface area contributed by atoms with E-state index in [2.05, 4.69) is 23.0 Å². The average Bonchev–Trinajstić information content (AvgIpc) is 2.65. The maximum Gasteiger partial charge on any atom is 0.0852 e. The highest BCUT2D eigenvalue weighted by atomic mass is 16.3. The highest BCUT2D eigenvalue weighted by molar-refractivity contribution is 5.18. The molecule has 0 bridgehead atoms. The van der Waals surface area contributed by atoms with Gasteiger partial charge in [-0.25, -0.2) is 0 Å². The molecule has 0 amide bonds. The largest absolute Gasteiger partial charge is 0.390 e. The Morgan fingerprint density at radius 3 is 2.93 bits per heavy atom. The summed E-state index contributed by atoms with van der Waals surface area (Å²) in [5, 5.41) is 8.87. The van der Waals surface area contributed by atoms with E-state index in [1.807, 2.05) is 12.3 Å². The topological polar surface area (TPSA) is 36.4 Å². The summed E-state index contributed by atoms with van der Waals surface area (Å²) in [6.07, 6.45) is 4.37. The van der Waals surface area contributed by atoms with Gasteiger partial charge in [-0.05, 0) is 38.1 Å². The van der Waals surface area contributed by atoms with Crippen LogP contribution >= 0.6 is 0 Å². The zero-order chi connectivity index (χ0) is 9.97. The lowest BCUT2D eigenvalue weighted by Gasteiger charge is -2.19. The standard InChI is InChI=1S/C11H16N2O/c1-13-6-2-3-11(13)9-4-5-10(8-14)12-7-9/h4-5,7,11,14H,2-3,6,8H2,1H3/t11-/m0/s1. The van der Waals surface area contributed by atoms with Crippen LogP contribution in [0, 0.1) is 0 Å². The van der Waals surface area contributed by atoms with Gasteiger partial charge in [0.15, 0.2) is 0 Å². The molecule has 0 saturated carbocycles. The van der Waals surface area contributed by atoms with Crippen molar-refractivity contribution >= 4 is 0 Å². The zero-order valence-electron chi connectivity index (χ0n) is 8.48. The third-order valence-corrected chi connectivity index (χ3v) is 2.91. The van der Waals surface area contributed by atoms with Crippen molar-refractivity contribution in [2.75, 3.05) is 13.6 Å². The Morgan fingerprint density at radius 2 is 2.43 bits per heavy atom. The molecule has 1 aromatic rings. The molecule has 1 atom stereocenters. The SMILES string of the molecule is CN1CCC[C@H]1c1ccc(CO)nc1. The number of hydrogen-bond donors (Lipinski definition) is 1. The Labute approximate surface area is 84.4 Å². The summed E-state index contributed by atoms with van der Waals surface area (Å²) in [7, 11) is 2.15. The number of aliphatic hydroxyl groups is 1. The number of aromatic nitrogens is 1. The number of rotatable bonds is 2. The zero-order valence-corrected chi connectivity index (χ0v) is 8.48. The maximum atomic E-state index is 8.87. The Bertz CT molecular complexity index is 297. The van der Waals surface area contributed by atoms with Crippen molar-refractivity contribution in [3.8, 4) is 0 Å². The van der Waals surface area contributed by atoms with Gasteiger partial charge in [0.25, 0.3) is 0 Å². The molecule has 2 rings (SSSR count). The molecule has 1 aliphatic rings. The van der Waals surface area contributed by atoms with Crippen LogP contribution in [0.15, 0.2) is 18.3 Å². The van der Waals surface area contributed by atoms with E-state index in [1.54, 1.807) is 0 Å². The molecule has 0 unspecified atom stereocenters. The van der Waals surface area contributed by atoms with E-state index in [0.29, 0.717) is 6.04 Å². The van der Waals surface area contributed by atoms with Gasteiger partial charge in [0.1, 0.15) is 0 Å². The second-order valence-electron chi connectivity index (χ2n) is 3.88. The van der Waals surface area contributed by atoms with E-state index in [-0.39, 0.29) is 6.61 Å². The number of hydrogen-bond acceptors (Lipinski definition) is 3. The molecule has 1 saturated heterocycles. The molecule has 0 aromatic carbocycles. The van der Waals surface area contributed by atoms with Gasteiger partial charge in [0.05, 0.1) is 12.3 Å². The fraction of sp³-hybridized carbons (Fsp3) is 0.545. The predicted octanol–water partition coefficient (Wildman–Crippen LogP) is 1.34. The molecule has 1 fully saturated rings. The van der Waals surface area contributed by atoms with E-state index < -0.39 is 0 Å². The van der Waals surface area contributed by atoms with Crippen LogP contribution in [0.4, 0.5) is 0 Å². The van der Waals surface area contributed by atoms with Gasteiger partial charge in [0, 0.05) is 12.2 Å². The lowest BCUT2D eigenvalue weighted by atomic mass is 10.1. The Morgan fingerprint density at radius 1 is 1.57 bits per heavy atom. The van der Waals surface area contributed by atoms with Crippen molar-refractivity contribution in [3.05, 3.63) is 29.6 Å². The first kappa shape index (κ1) is 9.62. The molecule has 1 N–H and O–H groups in total. The van der Waals surface area contributed by atoms with E-state index >= 15 is 0 Å². The van der Waals surface area contributed by atoms with Crippen LogP contribution in [-0.2, 0) is 6.61 Å². The molecule has 14 heavy (non-hydrogen) atoms. The first-order chi connectivity index (χ1) is 6.81. The summed E-state index contributed by atoms with van der Waals surface area (Å²) in [5.74, 6) is 0. The lowest BCUT2D eigenvalue weighted by molar-refractivity contribution is 0.276. The van der Waals surface area contributed by atoms with Crippen molar-refractivity contribution in [1.29, 1.82) is 0 Å². The predicted molar refractivity (Wildman–Crippen MR) is 54.8 cm³/mol. The van der Waals surface area contributed by atoms with Gasteiger partial charge in [-0.2, -0.15) is 0 Å². The molecule has 3 heteroatoms. The number of pyridine rings is 1. The van der Waals surface area contributed by atoms with Gasteiger partial charge in [-0.3, -0.25) is 9.88 Å². The molecular formula is C11H16N2O. The molecule has 0 radical (unpaired) electrons. The van der Waals surface area contributed by atoms with Crippen LogP contribution in [0.5, 0.6) is 0 Å². The monoisotopic (exact) mass is 192 g/mol. The van der Waals surface area contributed by atoms with Crippen LogP contribution in [0.1, 0.15) is 30.1 Å². The van der Waals surface area contributed by atoms with E-state index in [1.165, 1.54) is 24.9 Å². The Balaban J connectivity index is 2.16. The molecule has 0 spiro atoms. The summed E-state index contributed by atoms with van der Waals surface area (Å²) in [6.45, 7) is 1.20. The molecule has 3 nitrogen and oxygen atoms in total. The van der Waals surface area contributed by atoms with Crippen molar-refractivity contribution in [1.82, 2.24) is 9.88 Å². The van der Waals surface area contributed by atoms with Gasteiger partial charge in [0.2, 0.25) is 0 Å². The van der Waals surface area contributed by atoms with Gasteiger partial charge in [-0.15, -0.1) is 0 Å². The average molecular weight is 192 g/mol. The smallest absolute Gasteiger partial charge is 0.0852 e. The first-order valence-corrected chi connectivity index (χ1v) is 5.07. The fourth-order valence-electron chi connectivity index (χ4n) is 2.06. The molecule has 76 valence electrons. The summed E-state index contributed by atoms with van der Waals surface area (Å²) in [5.41, 5.74) is 2.01. The number of likely N-dealkylation sites (tertiary alicyclic amines) is 1. The summed E-state index contributed by atoms with van der Waals surface area (Å²) >= 11 is 0. The van der Waals surface area contributed by atoms with E-state index in [4.69, 9.17) is 5.11 Å². The quantitative estimate of drug-likeness (QED) is 0.768. The lowest BCUT2D eigenvalue weighted by Crippen LogP contribution is -2.17. The molecule has 2 heterocycles. The fourth-order valence-corrected chi connectivity index (χ4v) is 2.06. The molecule has 0 aliphatic carbocycles. The third kappa shape index (κ3) is 1.79. The second kappa shape index (κ2) is 4.07.